The molecule has 0 aliphatic rings. The van der Waals surface area contributed by atoms with E-state index in [1.54, 1.807) is 25.1 Å². The van der Waals surface area contributed by atoms with Crippen molar-refractivity contribution in [2.45, 2.75) is 18.8 Å². The predicted molar refractivity (Wildman–Crippen MR) is 81.6 cm³/mol. The second kappa shape index (κ2) is 5.86. The quantitative estimate of drug-likeness (QED) is 0.897. The van der Waals surface area contributed by atoms with Crippen molar-refractivity contribution in [3.05, 3.63) is 69.7 Å². The van der Waals surface area contributed by atoms with E-state index in [2.05, 4.69) is 0 Å². The molecule has 0 aliphatic heterocycles. The number of benzene rings is 2. The van der Waals surface area contributed by atoms with Crippen LogP contribution < -0.4 is 0 Å². The summed E-state index contributed by atoms with van der Waals surface area (Å²) in [5, 5.41) is 10.6. The van der Waals surface area contributed by atoms with Gasteiger partial charge in [-0.1, -0.05) is 59.6 Å². The molecular weight excluding hydrogens is 295 g/mol. The van der Waals surface area contributed by atoms with Crippen LogP contribution in [0.3, 0.4) is 0 Å². The molecule has 0 amide bonds. The number of carbonyl (C=O) groups is 1. The third-order valence-electron chi connectivity index (χ3n) is 3.44. The lowest BCUT2D eigenvalue weighted by atomic mass is 9.77. The number of halogens is 2. The summed E-state index contributed by atoms with van der Waals surface area (Å²) in [4.78, 5) is 11.7. The highest BCUT2D eigenvalue weighted by Gasteiger charge is 2.35. The van der Waals surface area contributed by atoms with E-state index < -0.39 is 11.4 Å². The molecule has 2 aromatic rings. The predicted octanol–water partition coefficient (Wildman–Crippen LogP) is 4.58. The number of rotatable bonds is 4. The Bertz CT molecular complexity index is 626. The van der Waals surface area contributed by atoms with Gasteiger partial charge < -0.3 is 5.11 Å². The average Bonchev–Trinajstić information content (AvgIpc) is 2.42. The minimum absolute atomic E-state index is 0.308. The fraction of sp³-hybridized carbons (Fsp3) is 0.188. The van der Waals surface area contributed by atoms with Gasteiger partial charge >= 0.3 is 5.97 Å². The van der Waals surface area contributed by atoms with Gasteiger partial charge in [0.15, 0.2) is 0 Å². The first-order chi connectivity index (χ1) is 9.43. The van der Waals surface area contributed by atoms with Crippen LogP contribution in [0, 0.1) is 0 Å². The largest absolute Gasteiger partial charge is 0.481 e. The molecule has 2 nitrogen and oxygen atoms in total. The maximum atomic E-state index is 11.7. The molecule has 1 atom stereocenters. The molecule has 0 fully saturated rings. The Labute approximate surface area is 128 Å². The van der Waals surface area contributed by atoms with Gasteiger partial charge in [0, 0.05) is 10.0 Å². The van der Waals surface area contributed by atoms with Crippen LogP contribution in [0.25, 0.3) is 0 Å². The molecule has 1 unspecified atom stereocenters. The molecule has 1 N–H and O–H groups in total. The zero-order valence-corrected chi connectivity index (χ0v) is 12.4. The topological polar surface area (TPSA) is 37.3 Å². The van der Waals surface area contributed by atoms with Crippen molar-refractivity contribution >= 4 is 29.2 Å². The molecule has 20 heavy (non-hydrogen) atoms. The van der Waals surface area contributed by atoms with E-state index in [-0.39, 0.29) is 0 Å². The molecule has 104 valence electrons. The van der Waals surface area contributed by atoms with Crippen LogP contribution in [-0.4, -0.2) is 11.1 Å². The minimum Gasteiger partial charge on any atom is -0.481 e. The van der Waals surface area contributed by atoms with E-state index in [1.165, 1.54) is 0 Å². The fourth-order valence-corrected chi connectivity index (χ4v) is 2.63. The summed E-state index contributed by atoms with van der Waals surface area (Å²) in [5.74, 6) is -0.880. The molecule has 0 spiro atoms. The zero-order chi connectivity index (χ0) is 14.8. The molecule has 2 rings (SSSR count). The molecule has 0 radical (unpaired) electrons. The highest BCUT2D eigenvalue weighted by Crippen LogP contribution is 2.32. The lowest BCUT2D eigenvalue weighted by Crippen LogP contribution is -2.34. The van der Waals surface area contributed by atoms with Crippen molar-refractivity contribution in [1.29, 1.82) is 0 Å². The Balaban J connectivity index is 2.42. The van der Waals surface area contributed by atoms with Gasteiger partial charge in [0.2, 0.25) is 0 Å². The third-order valence-corrected chi connectivity index (χ3v) is 4.03. The second-order valence-corrected chi connectivity index (χ2v) is 5.76. The molecule has 0 bridgehead atoms. The highest BCUT2D eigenvalue weighted by molar-refractivity contribution is 6.35. The molecule has 2 aromatic carbocycles. The third kappa shape index (κ3) is 2.97. The van der Waals surface area contributed by atoms with Gasteiger partial charge in [-0.3, -0.25) is 4.79 Å². The SMILES string of the molecule is CC(Cc1ccc(Cl)cc1Cl)(C(=O)O)c1ccccc1. The average molecular weight is 309 g/mol. The smallest absolute Gasteiger partial charge is 0.314 e. The fourth-order valence-electron chi connectivity index (χ4n) is 2.15. The second-order valence-electron chi connectivity index (χ2n) is 4.92. The van der Waals surface area contributed by atoms with Crippen LogP contribution in [0.15, 0.2) is 48.5 Å². The van der Waals surface area contributed by atoms with E-state index in [1.807, 2.05) is 30.3 Å². The van der Waals surface area contributed by atoms with Crippen LogP contribution >= 0.6 is 23.2 Å². The van der Waals surface area contributed by atoms with Crippen molar-refractivity contribution in [1.82, 2.24) is 0 Å². The van der Waals surface area contributed by atoms with E-state index in [0.717, 1.165) is 11.1 Å². The van der Waals surface area contributed by atoms with Crippen molar-refractivity contribution < 1.29 is 9.90 Å². The number of carboxylic acid groups (broad SMARTS) is 1. The molecular formula is C16H14Cl2O2. The van der Waals surface area contributed by atoms with Crippen LogP contribution in [0.1, 0.15) is 18.1 Å². The maximum absolute atomic E-state index is 11.7. The first-order valence-electron chi connectivity index (χ1n) is 6.16. The monoisotopic (exact) mass is 308 g/mol. The summed E-state index contributed by atoms with van der Waals surface area (Å²) in [5.41, 5.74) is 0.488. The molecule has 0 saturated heterocycles. The maximum Gasteiger partial charge on any atom is 0.314 e. The summed E-state index contributed by atoms with van der Waals surface area (Å²) < 4.78 is 0. The van der Waals surface area contributed by atoms with Crippen LogP contribution in [0.5, 0.6) is 0 Å². The molecule has 0 aromatic heterocycles. The summed E-state index contributed by atoms with van der Waals surface area (Å²) in [6.45, 7) is 1.70. The summed E-state index contributed by atoms with van der Waals surface area (Å²) in [6, 6.07) is 14.3. The van der Waals surface area contributed by atoms with Gasteiger partial charge in [-0.25, -0.2) is 0 Å². The number of aliphatic carboxylic acids is 1. The Morgan fingerprint density at radius 3 is 2.35 bits per heavy atom. The lowest BCUT2D eigenvalue weighted by molar-refractivity contribution is -0.143. The zero-order valence-electron chi connectivity index (χ0n) is 10.9. The van der Waals surface area contributed by atoms with E-state index in [0.29, 0.717) is 16.5 Å². The Kier molecular flexibility index (Phi) is 4.36. The number of carboxylic acids is 1. The van der Waals surface area contributed by atoms with Crippen LogP contribution in [0.4, 0.5) is 0 Å². The lowest BCUT2D eigenvalue weighted by Gasteiger charge is -2.26. The van der Waals surface area contributed by atoms with Crippen molar-refractivity contribution in [3.8, 4) is 0 Å². The van der Waals surface area contributed by atoms with Crippen molar-refractivity contribution in [3.63, 3.8) is 0 Å². The molecule has 0 heterocycles. The highest BCUT2D eigenvalue weighted by atomic mass is 35.5. The van der Waals surface area contributed by atoms with Gasteiger partial charge in [-0.15, -0.1) is 0 Å². The first kappa shape index (κ1) is 14.9. The Hall–Kier alpha value is -1.51. The molecule has 0 aliphatic carbocycles. The van der Waals surface area contributed by atoms with Gasteiger partial charge in [0.05, 0.1) is 5.41 Å². The van der Waals surface area contributed by atoms with Crippen molar-refractivity contribution in [2.24, 2.45) is 0 Å². The Morgan fingerprint density at radius 1 is 1.15 bits per heavy atom. The van der Waals surface area contributed by atoms with Gasteiger partial charge in [-0.2, -0.15) is 0 Å². The number of hydrogen-bond acceptors (Lipinski definition) is 1. The standard InChI is InChI=1S/C16H14Cl2O2/c1-16(15(19)20,12-5-3-2-4-6-12)10-11-7-8-13(17)9-14(11)18/h2-9H,10H2,1H3,(H,19,20). The summed E-state index contributed by atoms with van der Waals surface area (Å²) >= 11 is 12.0. The van der Waals surface area contributed by atoms with Gasteiger partial charge in [0.25, 0.3) is 0 Å². The van der Waals surface area contributed by atoms with E-state index >= 15 is 0 Å². The first-order valence-corrected chi connectivity index (χ1v) is 6.92. The van der Waals surface area contributed by atoms with Crippen LogP contribution in [0.2, 0.25) is 10.0 Å². The summed E-state index contributed by atoms with van der Waals surface area (Å²) in [6.07, 6.45) is 0.308. The van der Waals surface area contributed by atoms with Crippen LogP contribution in [-0.2, 0) is 16.6 Å². The van der Waals surface area contributed by atoms with E-state index in [9.17, 15) is 9.90 Å². The van der Waals surface area contributed by atoms with Gasteiger partial charge in [-0.05, 0) is 36.6 Å². The van der Waals surface area contributed by atoms with Gasteiger partial charge in [0.1, 0.15) is 0 Å². The summed E-state index contributed by atoms with van der Waals surface area (Å²) in [7, 11) is 0. The number of hydrogen-bond donors (Lipinski definition) is 1. The Morgan fingerprint density at radius 2 is 1.80 bits per heavy atom. The molecule has 0 saturated carbocycles. The van der Waals surface area contributed by atoms with E-state index in [4.69, 9.17) is 23.2 Å². The normalized spacial score (nSPS) is 13.8. The van der Waals surface area contributed by atoms with Crippen molar-refractivity contribution in [2.75, 3.05) is 0 Å². The minimum atomic E-state index is -1.03. The molecule has 4 heteroatoms.